The minimum Gasteiger partial charge on any atom is -0.382 e. The molecule has 1 unspecified atom stereocenters. The van der Waals surface area contributed by atoms with Gasteiger partial charge in [0.25, 0.3) is 0 Å². The molecule has 0 aliphatic heterocycles. The van der Waals surface area contributed by atoms with Gasteiger partial charge in [-0.05, 0) is 60.7 Å². The van der Waals surface area contributed by atoms with Gasteiger partial charge in [0.1, 0.15) is 5.82 Å². The SMILES string of the molecule is Fc1ccc(NC2CCc3cc(Br)ccc3C2)cc1Cl. The molecule has 0 aromatic heterocycles. The maximum Gasteiger partial charge on any atom is 0.141 e. The molecule has 0 radical (unpaired) electrons. The van der Waals surface area contributed by atoms with Gasteiger partial charge in [0.15, 0.2) is 0 Å². The Hall–Kier alpha value is -1.06. The van der Waals surface area contributed by atoms with E-state index in [1.165, 1.54) is 17.2 Å². The van der Waals surface area contributed by atoms with E-state index >= 15 is 0 Å². The van der Waals surface area contributed by atoms with Crippen LogP contribution < -0.4 is 5.32 Å². The predicted molar refractivity (Wildman–Crippen MR) is 85.0 cm³/mol. The molecule has 3 rings (SSSR count). The van der Waals surface area contributed by atoms with E-state index in [4.69, 9.17) is 11.6 Å². The second kappa shape index (κ2) is 5.74. The lowest BCUT2D eigenvalue weighted by Gasteiger charge is -2.26. The third-order valence-electron chi connectivity index (χ3n) is 3.69. The van der Waals surface area contributed by atoms with Crippen molar-refractivity contribution >= 4 is 33.2 Å². The summed E-state index contributed by atoms with van der Waals surface area (Å²) >= 11 is 9.32. The summed E-state index contributed by atoms with van der Waals surface area (Å²) in [5.41, 5.74) is 3.67. The normalized spacial score (nSPS) is 17.6. The van der Waals surface area contributed by atoms with Gasteiger partial charge in [-0.2, -0.15) is 0 Å². The molecule has 1 aliphatic carbocycles. The minimum atomic E-state index is -0.379. The highest BCUT2D eigenvalue weighted by Crippen LogP contribution is 2.27. The van der Waals surface area contributed by atoms with Gasteiger partial charge in [-0.3, -0.25) is 0 Å². The second-order valence-electron chi connectivity index (χ2n) is 5.13. The maximum atomic E-state index is 13.1. The molecule has 0 fully saturated rings. The van der Waals surface area contributed by atoms with Crippen molar-refractivity contribution in [2.45, 2.75) is 25.3 Å². The second-order valence-corrected chi connectivity index (χ2v) is 6.45. The Kier molecular flexibility index (Phi) is 3.99. The summed E-state index contributed by atoms with van der Waals surface area (Å²) < 4.78 is 14.3. The third kappa shape index (κ3) is 2.99. The highest BCUT2D eigenvalue weighted by atomic mass is 79.9. The van der Waals surface area contributed by atoms with Crippen molar-refractivity contribution in [2.75, 3.05) is 5.32 Å². The monoisotopic (exact) mass is 353 g/mol. The lowest BCUT2D eigenvalue weighted by Crippen LogP contribution is -2.27. The van der Waals surface area contributed by atoms with Crippen molar-refractivity contribution in [3.05, 3.63) is 62.8 Å². The van der Waals surface area contributed by atoms with Crippen LogP contribution in [0.1, 0.15) is 17.5 Å². The van der Waals surface area contributed by atoms with E-state index in [0.717, 1.165) is 29.4 Å². The number of aryl methyl sites for hydroxylation is 1. The molecule has 0 bridgehead atoms. The van der Waals surface area contributed by atoms with Crippen LogP contribution in [0.2, 0.25) is 5.02 Å². The Labute approximate surface area is 131 Å². The number of fused-ring (bicyclic) bond motifs is 1. The van der Waals surface area contributed by atoms with E-state index in [1.807, 2.05) is 0 Å². The molecule has 0 amide bonds. The van der Waals surface area contributed by atoms with Gasteiger partial charge < -0.3 is 5.32 Å². The lowest BCUT2D eigenvalue weighted by atomic mass is 9.88. The van der Waals surface area contributed by atoms with E-state index in [2.05, 4.69) is 39.4 Å². The molecule has 1 nitrogen and oxygen atoms in total. The lowest BCUT2D eigenvalue weighted by molar-refractivity contribution is 0.609. The fraction of sp³-hybridized carbons (Fsp3) is 0.250. The van der Waals surface area contributed by atoms with Crippen LogP contribution in [0.5, 0.6) is 0 Å². The molecule has 0 spiro atoms. The molecule has 2 aromatic carbocycles. The summed E-state index contributed by atoms with van der Waals surface area (Å²) in [5, 5.41) is 3.60. The van der Waals surface area contributed by atoms with Crippen LogP contribution in [0, 0.1) is 5.82 Å². The number of benzene rings is 2. The summed E-state index contributed by atoms with van der Waals surface area (Å²) in [7, 11) is 0. The quantitative estimate of drug-likeness (QED) is 0.780. The highest BCUT2D eigenvalue weighted by Gasteiger charge is 2.18. The van der Waals surface area contributed by atoms with Gasteiger partial charge in [-0.25, -0.2) is 4.39 Å². The van der Waals surface area contributed by atoms with Crippen LogP contribution >= 0.6 is 27.5 Å². The molecule has 20 heavy (non-hydrogen) atoms. The zero-order valence-corrected chi connectivity index (χ0v) is 13.1. The molecule has 4 heteroatoms. The Morgan fingerprint density at radius 1 is 1.15 bits per heavy atom. The fourth-order valence-corrected chi connectivity index (χ4v) is 3.26. The molecule has 0 saturated heterocycles. The van der Waals surface area contributed by atoms with Crippen LogP contribution in [0.15, 0.2) is 40.9 Å². The Balaban J connectivity index is 1.74. The molecular weight excluding hydrogens is 341 g/mol. The van der Waals surface area contributed by atoms with Crippen LogP contribution in [0.25, 0.3) is 0 Å². The van der Waals surface area contributed by atoms with Gasteiger partial charge >= 0.3 is 0 Å². The number of hydrogen-bond acceptors (Lipinski definition) is 1. The fourth-order valence-electron chi connectivity index (χ4n) is 2.67. The van der Waals surface area contributed by atoms with Gasteiger partial charge in [0.05, 0.1) is 5.02 Å². The minimum absolute atomic E-state index is 0.162. The maximum absolute atomic E-state index is 13.1. The number of anilines is 1. The van der Waals surface area contributed by atoms with Gasteiger partial charge in [0.2, 0.25) is 0 Å². The number of nitrogens with one attached hydrogen (secondary N) is 1. The van der Waals surface area contributed by atoms with Gasteiger partial charge in [-0.15, -0.1) is 0 Å². The topological polar surface area (TPSA) is 12.0 Å². The van der Waals surface area contributed by atoms with Gasteiger partial charge in [-0.1, -0.05) is 33.6 Å². The van der Waals surface area contributed by atoms with Crippen LogP contribution in [-0.4, -0.2) is 6.04 Å². The molecule has 1 atom stereocenters. The smallest absolute Gasteiger partial charge is 0.141 e. The average Bonchev–Trinajstić information content (AvgIpc) is 2.43. The average molecular weight is 355 g/mol. The zero-order chi connectivity index (χ0) is 14.1. The van der Waals surface area contributed by atoms with Crippen molar-refractivity contribution < 1.29 is 4.39 Å². The van der Waals surface area contributed by atoms with E-state index in [0.29, 0.717) is 6.04 Å². The first-order valence-corrected chi connectivity index (χ1v) is 7.78. The Morgan fingerprint density at radius 3 is 2.80 bits per heavy atom. The summed E-state index contributed by atoms with van der Waals surface area (Å²) in [6.07, 6.45) is 3.11. The van der Waals surface area contributed by atoms with Crippen molar-refractivity contribution in [3.8, 4) is 0 Å². The van der Waals surface area contributed by atoms with Crippen molar-refractivity contribution in [1.29, 1.82) is 0 Å². The zero-order valence-electron chi connectivity index (χ0n) is 10.8. The number of hydrogen-bond donors (Lipinski definition) is 1. The van der Waals surface area contributed by atoms with Crippen molar-refractivity contribution in [1.82, 2.24) is 0 Å². The molecule has 104 valence electrons. The summed E-state index contributed by atoms with van der Waals surface area (Å²) in [6, 6.07) is 11.6. The van der Waals surface area contributed by atoms with E-state index in [9.17, 15) is 4.39 Å². The first-order valence-electron chi connectivity index (χ1n) is 6.61. The summed E-state index contributed by atoms with van der Waals surface area (Å²) in [6.45, 7) is 0. The molecule has 1 aliphatic rings. The third-order valence-corrected chi connectivity index (χ3v) is 4.47. The van der Waals surface area contributed by atoms with Crippen LogP contribution in [-0.2, 0) is 12.8 Å². The molecule has 2 aromatic rings. The Bertz CT molecular complexity index is 644. The molecule has 0 heterocycles. The number of rotatable bonds is 2. The van der Waals surface area contributed by atoms with E-state index in [1.54, 1.807) is 12.1 Å². The molecule has 0 saturated carbocycles. The van der Waals surface area contributed by atoms with Crippen LogP contribution in [0.4, 0.5) is 10.1 Å². The van der Waals surface area contributed by atoms with E-state index in [-0.39, 0.29) is 10.8 Å². The molecular formula is C16H14BrClFN. The van der Waals surface area contributed by atoms with Gasteiger partial charge in [0, 0.05) is 16.2 Å². The molecule has 1 N–H and O–H groups in total. The standard InChI is InChI=1S/C16H14BrClFN/c17-12-3-1-11-8-13(4-2-10(11)7-12)20-14-5-6-16(19)15(18)9-14/h1,3,5-7,9,13,20H,2,4,8H2. The van der Waals surface area contributed by atoms with Crippen molar-refractivity contribution in [3.63, 3.8) is 0 Å². The van der Waals surface area contributed by atoms with Crippen molar-refractivity contribution in [2.24, 2.45) is 0 Å². The number of halogens is 3. The first-order chi connectivity index (χ1) is 9.61. The predicted octanol–water partition coefficient (Wildman–Crippen LogP) is 5.21. The largest absolute Gasteiger partial charge is 0.382 e. The van der Waals surface area contributed by atoms with E-state index < -0.39 is 0 Å². The first kappa shape index (κ1) is 13.9. The summed E-state index contributed by atoms with van der Waals surface area (Å²) in [4.78, 5) is 0. The summed E-state index contributed by atoms with van der Waals surface area (Å²) in [5.74, 6) is -0.379. The Morgan fingerprint density at radius 2 is 2.00 bits per heavy atom. The van der Waals surface area contributed by atoms with Crippen LogP contribution in [0.3, 0.4) is 0 Å². The highest BCUT2D eigenvalue weighted by molar-refractivity contribution is 9.10.